The highest BCUT2D eigenvalue weighted by Crippen LogP contribution is 2.25. The van der Waals surface area contributed by atoms with Crippen LogP contribution in [-0.2, 0) is 4.74 Å². The van der Waals surface area contributed by atoms with Gasteiger partial charge in [0.15, 0.2) is 0 Å². The molecule has 30 heavy (non-hydrogen) atoms. The average Bonchev–Trinajstić information content (AvgIpc) is 2.70. The molecule has 5 nitrogen and oxygen atoms in total. The first-order chi connectivity index (χ1) is 14.3. The fourth-order valence-corrected chi connectivity index (χ4v) is 3.09. The lowest BCUT2D eigenvalue weighted by atomic mass is 10.1. The molecule has 0 fully saturated rings. The Bertz CT molecular complexity index is 1000. The monoisotopic (exact) mass is 424 g/mol. The molecular weight excluding hydrogens is 400 g/mol. The van der Waals surface area contributed by atoms with E-state index in [1.54, 1.807) is 54.6 Å². The van der Waals surface area contributed by atoms with E-state index in [1.807, 2.05) is 33.8 Å². The Kier molecular flexibility index (Phi) is 7.08. The van der Waals surface area contributed by atoms with Crippen LogP contribution < -0.4 is 10.1 Å². The SMILES string of the molecule is Cc1nc(C(C)OC(C)C)ccc1C(=O)Nc1ccc(Oc2ccc(Cl)cc2)cc1. The van der Waals surface area contributed by atoms with E-state index in [9.17, 15) is 4.79 Å². The zero-order valence-electron chi connectivity index (χ0n) is 17.5. The maximum absolute atomic E-state index is 12.7. The molecule has 1 N–H and O–H groups in total. The van der Waals surface area contributed by atoms with Gasteiger partial charge in [0.05, 0.1) is 29.2 Å². The molecule has 1 heterocycles. The normalized spacial score (nSPS) is 11.9. The number of rotatable bonds is 7. The van der Waals surface area contributed by atoms with Crippen molar-refractivity contribution >= 4 is 23.2 Å². The molecule has 0 aliphatic heterocycles. The molecular formula is C24H25ClN2O3. The summed E-state index contributed by atoms with van der Waals surface area (Å²) in [5, 5.41) is 3.55. The van der Waals surface area contributed by atoms with Crippen LogP contribution in [0.2, 0.25) is 5.02 Å². The van der Waals surface area contributed by atoms with Crippen LogP contribution in [0.4, 0.5) is 5.69 Å². The number of halogens is 1. The Balaban J connectivity index is 1.64. The predicted octanol–water partition coefficient (Wildman–Crippen LogP) is 6.57. The lowest BCUT2D eigenvalue weighted by Gasteiger charge is -2.17. The summed E-state index contributed by atoms with van der Waals surface area (Å²) in [5.74, 6) is 1.14. The molecule has 0 aliphatic rings. The minimum Gasteiger partial charge on any atom is -0.457 e. The molecule has 0 saturated heterocycles. The van der Waals surface area contributed by atoms with Gasteiger partial charge < -0.3 is 14.8 Å². The Morgan fingerprint density at radius 1 is 0.933 bits per heavy atom. The number of ether oxygens (including phenoxy) is 2. The van der Waals surface area contributed by atoms with Crippen LogP contribution in [0.3, 0.4) is 0 Å². The van der Waals surface area contributed by atoms with Crippen LogP contribution in [0.15, 0.2) is 60.7 Å². The second-order valence-electron chi connectivity index (χ2n) is 7.23. The molecule has 0 saturated carbocycles. The van der Waals surface area contributed by atoms with E-state index in [4.69, 9.17) is 21.1 Å². The van der Waals surface area contributed by atoms with Crippen molar-refractivity contribution in [2.75, 3.05) is 5.32 Å². The lowest BCUT2D eigenvalue weighted by Crippen LogP contribution is -2.16. The predicted molar refractivity (Wildman–Crippen MR) is 120 cm³/mol. The number of aryl methyl sites for hydroxylation is 1. The number of nitrogens with one attached hydrogen (secondary N) is 1. The summed E-state index contributed by atoms with van der Waals surface area (Å²) in [6.45, 7) is 7.74. The Hall–Kier alpha value is -2.89. The molecule has 2 aromatic carbocycles. The van der Waals surface area contributed by atoms with E-state index >= 15 is 0 Å². The molecule has 1 unspecified atom stereocenters. The summed E-state index contributed by atoms with van der Waals surface area (Å²) in [7, 11) is 0. The molecule has 1 aromatic heterocycles. The molecule has 0 spiro atoms. The van der Waals surface area contributed by atoms with Gasteiger partial charge in [-0.2, -0.15) is 0 Å². The van der Waals surface area contributed by atoms with E-state index in [0.29, 0.717) is 33.5 Å². The Morgan fingerprint density at radius 3 is 2.10 bits per heavy atom. The third-order valence-electron chi connectivity index (χ3n) is 4.41. The molecule has 0 bridgehead atoms. The van der Waals surface area contributed by atoms with Crippen molar-refractivity contribution in [1.82, 2.24) is 4.98 Å². The zero-order chi connectivity index (χ0) is 21.7. The lowest BCUT2D eigenvalue weighted by molar-refractivity contribution is 0.0154. The first kappa shape index (κ1) is 21.8. The van der Waals surface area contributed by atoms with Gasteiger partial charge in [-0.25, -0.2) is 0 Å². The number of nitrogens with zero attached hydrogens (tertiary/aromatic N) is 1. The highest BCUT2D eigenvalue weighted by molar-refractivity contribution is 6.30. The van der Waals surface area contributed by atoms with E-state index < -0.39 is 0 Å². The zero-order valence-corrected chi connectivity index (χ0v) is 18.2. The molecule has 6 heteroatoms. The minimum absolute atomic E-state index is 0.108. The van der Waals surface area contributed by atoms with Crippen LogP contribution in [-0.4, -0.2) is 17.0 Å². The first-order valence-corrected chi connectivity index (χ1v) is 10.2. The van der Waals surface area contributed by atoms with Crippen molar-refractivity contribution < 1.29 is 14.3 Å². The van der Waals surface area contributed by atoms with Crippen LogP contribution in [0.25, 0.3) is 0 Å². The van der Waals surface area contributed by atoms with Gasteiger partial charge in [0.25, 0.3) is 5.91 Å². The van der Waals surface area contributed by atoms with Gasteiger partial charge in [0.1, 0.15) is 11.5 Å². The smallest absolute Gasteiger partial charge is 0.257 e. The number of carbonyl (C=O) groups is 1. The summed E-state index contributed by atoms with van der Waals surface area (Å²) in [6.07, 6.45) is -0.0225. The van der Waals surface area contributed by atoms with Crippen molar-refractivity contribution in [3.05, 3.63) is 82.6 Å². The number of hydrogen-bond donors (Lipinski definition) is 1. The van der Waals surface area contributed by atoms with Crippen molar-refractivity contribution in [2.45, 2.75) is 39.9 Å². The Labute approximate surface area is 182 Å². The van der Waals surface area contributed by atoms with Gasteiger partial charge in [-0.1, -0.05) is 11.6 Å². The minimum atomic E-state index is -0.213. The summed E-state index contributed by atoms with van der Waals surface area (Å²) < 4.78 is 11.5. The summed E-state index contributed by atoms with van der Waals surface area (Å²) >= 11 is 5.88. The second kappa shape index (κ2) is 9.74. The number of amides is 1. The fourth-order valence-electron chi connectivity index (χ4n) is 2.97. The summed E-state index contributed by atoms with van der Waals surface area (Å²) in [5.41, 5.74) is 2.66. The third-order valence-corrected chi connectivity index (χ3v) is 4.66. The molecule has 3 aromatic rings. The molecule has 0 radical (unpaired) electrons. The number of aromatic nitrogens is 1. The van der Waals surface area contributed by atoms with E-state index in [-0.39, 0.29) is 18.1 Å². The van der Waals surface area contributed by atoms with Crippen molar-refractivity contribution in [1.29, 1.82) is 0 Å². The highest BCUT2D eigenvalue weighted by atomic mass is 35.5. The summed E-state index contributed by atoms with van der Waals surface area (Å²) in [6, 6.07) is 17.9. The second-order valence-corrected chi connectivity index (χ2v) is 7.67. The highest BCUT2D eigenvalue weighted by Gasteiger charge is 2.15. The maximum atomic E-state index is 12.7. The van der Waals surface area contributed by atoms with Crippen molar-refractivity contribution in [2.24, 2.45) is 0 Å². The van der Waals surface area contributed by atoms with Crippen LogP contribution >= 0.6 is 11.6 Å². The van der Waals surface area contributed by atoms with Crippen molar-refractivity contribution in [3.8, 4) is 11.5 Å². The standard InChI is InChI=1S/C24H25ClN2O3/c1-15(2)29-17(4)23-14-13-22(16(3)26-23)24(28)27-19-7-11-21(12-8-19)30-20-9-5-18(25)6-10-20/h5-15,17H,1-4H3,(H,27,28). The number of anilines is 1. The first-order valence-electron chi connectivity index (χ1n) is 9.79. The number of carbonyl (C=O) groups excluding carboxylic acids is 1. The molecule has 0 aliphatic carbocycles. The topological polar surface area (TPSA) is 60.5 Å². The maximum Gasteiger partial charge on any atom is 0.257 e. The number of pyridine rings is 1. The fraction of sp³-hybridized carbons (Fsp3) is 0.250. The summed E-state index contributed by atoms with van der Waals surface area (Å²) in [4.78, 5) is 17.2. The van der Waals surface area contributed by atoms with Gasteiger partial charge in [0.2, 0.25) is 0 Å². The Morgan fingerprint density at radius 2 is 1.53 bits per heavy atom. The van der Waals surface area contributed by atoms with Crippen molar-refractivity contribution in [3.63, 3.8) is 0 Å². The van der Waals surface area contributed by atoms with Gasteiger partial charge in [-0.05, 0) is 88.4 Å². The van der Waals surface area contributed by atoms with Crippen LogP contribution in [0, 0.1) is 6.92 Å². The largest absolute Gasteiger partial charge is 0.457 e. The third kappa shape index (κ3) is 5.81. The van der Waals surface area contributed by atoms with Crippen LogP contribution in [0.1, 0.15) is 48.6 Å². The molecule has 156 valence electrons. The van der Waals surface area contributed by atoms with E-state index in [0.717, 1.165) is 5.69 Å². The number of hydrogen-bond acceptors (Lipinski definition) is 4. The van der Waals surface area contributed by atoms with Gasteiger partial charge in [-0.15, -0.1) is 0 Å². The van der Waals surface area contributed by atoms with Gasteiger partial charge in [-0.3, -0.25) is 9.78 Å². The van der Waals surface area contributed by atoms with Gasteiger partial charge in [0, 0.05) is 10.7 Å². The quantitative estimate of drug-likeness (QED) is 0.465. The van der Waals surface area contributed by atoms with E-state index in [2.05, 4.69) is 10.3 Å². The van der Waals surface area contributed by atoms with E-state index in [1.165, 1.54) is 0 Å². The molecule has 1 atom stereocenters. The molecule has 1 amide bonds. The number of benzene rings is 2. The average molecular weight is 425 g/mol. The van der Waals surface area contributed by atoms with Gasteiger partial charge >= 0.3 is 0 Å². The molecule has 3 rings (SSSR count). The van der Waals surface area contributed by atoms with Crippen LogP contribution in [0.5, 0.6) is 11.5 Å².